The highest BCUT2D eigenvalue weighted by Gasteiger charge is 2.16. The highest BCUT2D eigenvalue weighted by Crippen LogP contribution is 2.28. The van der Waals surface area contributed by atoms with Crippen LogP contribution >= 0.6 is 0 Å². The lowest BCUT2D eigenvalue weighted by Gasteiger charge is -2.10. The lowest BCUT2D eigenvalue weighted by atomic mass is 10.1. The van der Waals surface area contributed by atoms with E-state index in [0.717, 1.165) is 6.07 Å². The van der Waals surface area contributed by atoms with Crippen molar-refractivity contribution in [3.05, 3.63) is 59.4 Å². The normalized spacial score (nSPS) is 10.0. The second kappa shape index (κ2) is 6.04. The number of hydrogen-bond donors (Lipinski definition) is 2. The molecular formula is C15H12FNO4. The van der Waals surface area contributed by atoms with E-state index in [9.17, 15) is 19.1 Å². The lowest BCUT2D eigenvalue weighted by Crippen LogP contribution is -2.13. The highest BCUT2D eigenvalue weighted by molar-refractivity contribution is 6.06. The molecule has 0 radical (unpaired) electrons. The number of hydrogen-bond acceptors (Lipinski definition) is 4. The summed E-state index contributed by atoms with van der Waals surface area (Å²) in [6.07, 6.45) is 0. The molecule has 21 heavy (non-hydrogen) atoms. The number of phenols is 1. The maximum Gasteiger partial charge on any atom is 0.341 e. The number of benzene rings is 2. The number of esters is 1. The summed E-state index contributed by atoms with van der Waals surface area (Å²) in [6, 6.07) is 9.36. The van der Waals surface area contributed by atoms with Gasteiger partial charge in [-0.2, -0.15) is 0 Å². The van der Waals surface area contributed by atoms with E-state index < -0.39 is 23.4 Å². The molecule has 2 N–H and O–H groups in total. The number of phenolic OH excluding ortho intramolecular Hbond substituents is 1. The Hall–Kier alpha value is -2.89. The fraction of sp³-hybridized carbons (Fsp3) is 0.0667. The van der Waals surface area contributed by atoms with Gasteiger partial charge < -0.3 is 15.2 Å². The van der Waals surface area contributed by atoms with Crippen LogP contribution in [0.25, 0.3) is 0 Å². The van der Waals surface area contributed by atoms with Gasteiger partial charge in [0.15, 0.2) is 5.75 Å². The minimum atomic E-state index is -0.727. The number of methoxy groups -OCH3 is 1. The number of para-hydroxylation sites is 1. The van der Waals surface area contributed by atoms with Crippen LogP contribution in [0.15, 0.2) is 42.5 Å². The second-order valence-electron chi connectivity index (χ2n) is 4.16. The van der Waals surface area contributed by atoms with Crippen LogP contribution in [-0.2, 0) is 4.74 Å². The molecule has 0 unspecified atom stereocenters. The maximum absolute atomic E-state index is 13.1. The van der Waals surface area contributed by atoms with E-state index in [2.05, 4.69) is 10.1 Å². The Morgan fingerprint density at radius 3 is 2.57 bits per heavy atom. The topological polar surface area (TPSA) is 75.6 Å². The molecule has 2 aromatic carbocycles. The average molecular weight is 289 g/mol. The van der Waals surface area contributed by atoms with Crippen molar-refractivity contribution in [1.29, 1.82) is 0 Å². The van der Waals surface area contributed by atoms with Crippen molar-refractivity contribution in [3.63, 3.8) is 0 Å². The molecule has 1 amide bonds. The Kier molecular flexibility index (Phi) is 4.18. The summed E-state index contributed by atoms with van der Waals surface area (Å²) < 4.78 is 17.6. The van der Waals surface area contributed by atoms with E-state index in [4.69, 9.17) is 0 Å². The maximum atomic E-state index is 13.1. The molecule has 0 aliphatic carbocycles. The van der Waals surface area contributed by atoms with Gasteiger partial charge in [-0.1, -0.05) is 12.1 Å². The number of anilines is 1. The van der Waals surface area contributed by atoms with E-state index in [1.807, 2.05) is 0 Å². The average Bonchev–Trinajstić information content (AvgIpc) is 2.48. The Morgan fingerprint density at radius 2 is 1.90 bits per heavy atom. The lowest BCUT2D eigenvalue weighted by molar-refractivity contribution is 0.0597. The van der Waals surface area contributed by atoms with E-state index in [0.29, 0.717) is 0 Å². The first-order chi connectivity index (χ1) is 10.0. The predicted molar refractivity (Wildman–Crippen MR) is 73.8 cm³/mol. The first kappa shape index (κ1) is 14.5. The smallest absolute Gasteiger partial charge is 0.341 e. The van der Waals surface area contributed by atoms with Crippen molar-refractivity contribution in [2.24, 2.45) is 0 Å². The number of carbonyl (C=O) groups excluding carboxylic acids is 2. The fourth-order valence-electron chi connectivity index (χ4n) is 1.74. The van der Waals surface area contributed by atoms with Crippen molar-refractivity contribution in [3.8, 4) is 5.75 Å². The van der Waals surface area contributed by atoms with Crippen molar-refractivity contribution in [2.75, 3.05) is 12.4 Å². The van der Waals surface area contributed by atoms with Crippen LogP contribution in [0.1, 0.15) is 20.7 Å². The Labute approximate surface area is 120 Å². The molecule has 0 aromatic heterocycles. The van der Waals surface area contributed by atoms with Crippen LogP contribution in [0.4, 0.5) is 10.1 Å². The van der Waals surface area contributed by atoms with Crippen molar-refractivity contribution in [1.82, 2.24) is 0 Å². The van der Waals surface area contributed by atoms with Gasteiger partial charge in [-0.05, 0) is 30.3 Å². The number of nitrogens with one attached hydrogen (secondary N) is 1. The first-order valence-electron chi connectivity index (χ1n) is 6.00. The van der Waals surface area contributed by atoms with E-state index in [1.165, 1.54) is 43.5 Å². The van der Waals surface area contributed by atoms with Crippen LogP contribution < -0.4 is 5.32 Å². The largest absolute Gasteiger partial charge is 0.505 e. The Balaban J connectivity index is 2.28. The van der Waals surface area contributed by atoms with E-state index >= 15 is 0 Å². The third-order valence-electron chi connectivity index (χ3n) is 2.78. The number of aromatic hydroxyl groups is 1. The van der Waals surface area contributed by atoms with Gasteiger partial charge in [-0.15, -0.1) is 0 Å². The molecule has 5 nitrogen and oxygen atoms in total. The van der Waals surface area contributed by atoms with Crippen LogP contribution in [-0.4, -0.2) is 24.1 Å². The first-order valence-corrected chi connectivity index (χ1v) is 6.00. The number of rotatable bonds is 3. The van der Waals surface area contributed by atoms with Gasteiger partial charge in [0, 0.05) is 5.56 Å². The number of carbonyl (C=O) groups is 2. The monoisotopic (exact) mass is 289 g/mol. The van der Waals surface area contributed by atoms with Crippen LogP contribution in [0.2, 0.25) is 0 Å². The van der Waals surface area contributed by atoms with Crippen molar-refractivity contribution >= 4 is 17.6 Å². The van der Waals surface area contributed by atoms with E-state index in [1.54, 1.807) is 0 Å². The summed E-state index contributed by atoms with van der Waals surface area (Å²) in [5.74, 6) is -2.29. The van der Waals surface area contributed by atoms with Gasteiger partial charge in [0.25, 0.3) is 5.91 Å². The third-order valence-corrected chi connectivity index (χ3v) is 2.78. The molecule has 0 saturated carbocycles. The third kappa shape index (κ3) is 3.17. The molecule has 0 bridgehead atoms. The van der Waals surface area contributed by atoms with Crippen molar-refractivity contribution < 1.29 is 23.8 Å². The Morgan fingerprint density at radius 1 is 1.19 bits per heavy atom. The van der Waals surface area contributed by atoms with E-state index in [-0.39, 0.29) is 16.8 Å². The predicted octanol–water partition coefficient (Wildman–Crippen LogP) is 2.57. The van der Waals surface area contributed by atoms with Gasteiger partial charge in [0.1, 0.15) is 11.4 Å². The summed E-state index contributed by atoms with van der Waals surface area (Å²) in [5, 5.41) is 12.4. The zero-order valence-electron chi connectivity index (χ0n) is 11.1. The summed E-state index contributed by atoms with van der Waals surface area (Å²) in [5.41, 5.74) is 0.0552. The zero-order chi connectivity index (χ0) is 15.4. The summed E-state index contributed by atoms with van der Waals surface area (Å²) in [4.78, 5) is 23.4. The molecule has 0 spiro atoms. The molecule has 0 aliphatic rings. The number of ether oxygens (including phenoxy) is 1. The Bertz CT molecular complexity index is 700. The highest BCUT2D eigenvalue weighted by atomic mass is 19.1. The molecule has 6 heteroatoms. The van der Waals surface area contributed by atoms with Crippen LogP contribution in [0.5, 0.6) is 5.75 Å². The molecule has 2 rings (SSSR count). The standard InChI is InChI=1S/C15H12FNO4/c1-21-15(20)11-6-3-7-12(13(11)18)17-14(19)9-4-2-5-10(16)8-9/h2-8,18H,1H3,(H,17,19). The van der Waals surface area contributed by atoms with Gasteiger partial charge in [0.05, 0.1) is 12.8 Å². The quantitative estimate of drug-likeness (QED) is 0.672. The van der Waals surface area contributed by atoms with Gasteiger partial charge >= 0.3 is 5.97 Å². The number of amides is 1. The van der Waals surface area contributed by atoms with Crippen LogP contribution in [0, 0.1) is 5.82 Å². The van der Waals surface area contributed by atoms with Gasteiger partial charge in [-0.25, -0.2) is 9.18 Å². The minimum absolute atomic E-state index is 0.0344. The van der Waals surface area contributed by atoms with Crippen molar-refractivity contribution in [2.45, 2.75) is 0 Å². The zero-order valence-corrected chi connectivity index (χ0v) is 11.1. The van der Waals surface area contributed by atoms with Crippen LogP contribution in [0.3, 0.4) is 0 Å². The SMILES string of the molecule is COC(=O)c1cccc(NC(=O)c2cccc(F)c2)c1O. The fourth-order valence-corrected chi connectivity index (χ4v) is 1.74. The molecule has 0 fully saturated rings. The number of halogens is 1. The summed E-state index contributed by atoms with van der Waals surface area (Å²) in [7, 11) is 1.18. The molecular weight excluding hydrogens is 277 g/mol. The molecule has 0 aliphatic heterocycles. The molecule has 2 aromatic rings. The van der Waals surface area contributed by atoms with Gasteiger partial charge in [0.2, 0.25) is 0 Å². The molecule has 0 atom stereocenters. The molecule has 0 heterocycles. The van der Waals surface area contributed by atoms with Gasteiger partial charge in [-0.3, -0.25) is 4.79 Å². The minimum Gasteiger partial charge on any atom is -0.505 e. The summed E-state index contributed by atoms with van der Waals surface area (Å²) >= 11 is 0. The summed E-state index contributed by atoms with van der Waals surface area (Å²) in [6.45, 7) is 0. The second-order valence-corrected chi connectivity index (χ2v) is 4.16. The molecule has 0 saturated heterocycles. The molecule has 108 valence electrons.